The van der Waals surface area contributed by atoms with Gasteiger partial charge in [-0.1, -0.05) is 30.3 Å². The summed E-state index contributed by atoms with van der Waals surface area (Å²) in [5.41, 5.74) is -1.71. The van der Waals surface area contributed by atoms with Crippen molar-refractivity contribution in [2.45, 2.75) is 55.1 Å². The lowest BCUT2D eigenvalue weighted by Crippen LogP contribution is -2.51. The number of Topliss-reactive ketones (excluding diaryl/α,β-unsaturated/α-hetero) is 1. The maximum Gasteiger partial charge on any atom is 0.417 e. The van der Waals surface area contributed by atoms with Crippen LogP contribution in [0.4, 0.5) is 13.2 Å². The molecule has 1 fully saturated rings. The first-order valence-corrected chi connectivity index (χ1v) is 14.7. The van der Waals surface area contributed by atoms with Crippen LogP contribution < -0.4 is 14.2 Å². The lowest BCUT2D eigenvalue weighted by atomic mass is 9.86. The molecule has 0 atom stereocenters. The number of sulfonamides is 1. The minimum absolute atomic E-state index is 0. The molecule has 1 aliphatic carbocycles. The molecule has 3 N–H and O–H groups in total. The predicted octanol–water partition coefficient (Wildman–Crippen LogP) is 5.01. The van der Waals surface area contributed by atoms with E-state index in [0.29, 0.717) is 41.5 Å². The number of ketones is 1. The van der Waals surface area contributed by atoms with Gasteiger partial charge in [-0.2, -0.15) is 13.2 Å². The SMILES string of the molecule is Cc1ccc(CC(=O)C2(c3ccc4c(c3)OCO4)CC2)cc1-c1ccc(S(=O)(=O)NC(C)(CO)CO)cc1C(F)(F)F.[HH].[HH].[HH]. The Labute approximate surface area is 245 Å². The Morgan fingerprint density at radius 3 is 2.31 bits per heavy atom. The maximum absolute atomic E-state index is 14.3. The van der Waals surface area contributed by atoms with Crippen LogP contribution in [0.3, 0.4) is 0 Å². The largest absolute Gasteiger partial charge is 0.454 e. The number of fused-ring (bicyclic) bond motifs is 1. The number of aryl methyl sites for hydroxylation is 1. The zero-order chi connectivity index (χ0) is 30.5. The molecular weight excluding hydrogens is 575 g/mol. The summed E-state index contributed by atoms with van der Waals surface area (Å²) in [6, 6.07) is 12.9. The van der Waals surface area contributed by atoms with Gasteiger partial charge in [-0.05, 0) is 78.8 Å². The number of halogens is 3. The number of ether oxygens (including phenoxy) is 2. The molecular formula is C30H36F3NO7S. The fourth-order valence-electron chi connectivity index (χ4n) is 5.13. The molecule has 12 heteroatoms. The quantitative estimate of drug-likeness (QED) is 0.295. The summed E-state index contributed by atoms with van der Waals surface area (Å²) in [7, 11) is -4.53. The minimum Gasteiger partial charge on any atom is -0.454 e. The van der Waals surface area contributed by atoms with E-state index in [1.54, 1.807) is 31.2 Å². The summed E-state index contributed by atoms with van der Waals surface area (Å²) in [5.74, 6) is 1.12. The zero-order valence-corrected chi connectivity index (χ0v) is 23.7. The van der Waals surface area contributed by atoms with Crippen molar-refractivity contribution in [2.24, 2.45) is 0 Å². The van der Waals surface area contributed by atoms with Gasteiger partial charge in [0, 0.05) is 10.7 Å². The minimum atomic E-state index is -4.91. The van der Waals surface area contributed by atoms with Crippen molar-refractivity contribution in [1.29, 1.82) is 0 Å². The molecule has 1 saturated carbocycles. The first kappa shape index (κ1) is 30.0. The zero-order valence-electron chi connectivity index (χ0n) is 22.9. The summed E-state index contributed by atoms with van der Waals surface area (Å²) in [4.78, 5) is 12.8. The van der Waals surface area contributed by atoms with E-state index in [0.717, 1.165) is 17.7 Å². The van der Waals surface area contributed by atoms with Crippen LogP contribution in [0.25, 0.3) is 11.1 Å². The number of nitrogens with one attached hydrogen (secondary N) is 1. The van der Waals surface area contributed by atoms with Crippen LogP contribution in [0, 0.1) is 6.92 Å². The summed E-state index contributed by atoms with van der Waals surface area (Å²) in [6.07, 6.45) is -3.61. The topological polar surface area (TPSA) is 122 Å². The normalized spacial score (nSPS) is 16.0. The smallest absolute Gasteiger partial charge is 0.417 e. The molecule has 8 nitrogen and oxygen atoms in total. The van der Waals surface area contributed by atoms with Crippen molar-refractivity contribution in [3.63, 3.8) is 0 Å². The highest BCUT2D eigenvalue weighted by Crippen LogP contribution is 2.51. The highest BCUT2D eigenvalue weighted by atomic mass is 32.2. The highest BCUT2D eigenvalue weighted by molar-refractivity contribution is 7.89. The number of hydrogen-bond acceptors (Lipinski definition) is 7. The third-order valence-corrected chi connectivity index (χ3v) is 9.49. The van der Waals surface area contributed by atoms with Crippen LogP contribution in [0.5, 0.6) is 11.5 Å². The van der Waals surface area contributed by atoms with Gasteiger partial charge in [-0.3, -0.25) is 4.79 Å². The van der Waals surface area contributed by atoms with Crippen molar-refractivity contribution in [3.8, 4) is 22.6 Å². The molecule has 0 saturated heterocycles. The van der Waals surface area contributed by atoms with Crippen LogP contribution in [0.15, 0.2) is 59.5 Å². The number of aliphatic hydroxyl groups excluding tert-OH is 2. The number of benzene rings is 3. The number of carbonyl (C=O) groups excluding carboxylic acids is 1. The summed E-state index contributed by atoms with van der Waals surface area (Å²) >= 11 is 0. The molecule has 0 bridgehead atoms. The molecule has 3 aromatic rings. The molecule has 5 rings (SSSR count). The molecule has 42 heavy (non-hydrogen) atoms. The van der Waals surface area contributed by atoms with Crippen LogP contribution in [-0.2, 0) is 32.8 Å². The number of rotatable bonds is 10. The molecule has 1 aliphatic heterocycles. The van der Waals surface area contributed by atoms with Gasteiger partial charge in [0.05, 0.1) is 34.6 Å². The molecule has 0 spiro atoms. The van der Waals surface area contributed by atoms with E-state index in [1.165, 1.54) is 13.0 Å². The molecule has 0 radical (unpaired) electrons. The number of alkyl halides is 3. The first-order chi connectivity index (χ1) is 19.7. The Balaban J connectivity index is 0.00000235. The van der Waals surface area contributed by atoms with Gasteiger partial charge in [-0.25, -0.2) is 13.1 Å². The predicted molar refractivity (Wildman–Crippen MR) is 153 cm³/mol. The van der Waals surface area contributed by atoms with Gasteiger partial charge in [0.1, 0.15) is 5.78 Å². The van der Waals surface area contributed by atoms with Gasteiger partial charge in [0.25, 0.3) is 0 Å². The van der Waals surface area contributed by atoms with Crippen LogP contribution in [-0.4, -0.2) is 50.0 Å². The maximum atomic E-state index is 14.3. The van der Waals surface area contributed by atoms with Crippen molar-refractivity contribution in [3.05, 3.63) is 76.9 Å². The monoisotopic (exact) mass is 611 g/mol. The second kappa shape index (κ2) is 10.7. The van der Waals surface area contributed by atoms with Crippen molar-refractivity contribution < 1.29 is 50.4 Å². The van der Waals surface area contributed by atoms with E-state index < -0.39 is 50.8 Å². The molecule has 230 valence electrons. The van der Waals surface area contributed by atoms with Gasteiger partial charge in [0.2, 0.25) is 16.8 Å². The van der Waals surface area contributed by atoms with Gasteiger partial charge >= 0.3 is 6.18 Å². The number of aliphatic hydroxyl groups is 2. The lowest BCUT2D eigenvalue weighted by molar-refractivity contribution is -0.137. The van der Waals surface area contributed by atoms with Crippen molar-refractivity contribution >= 4 is 15.8 Å². The van der Waals surface area contributed by atoms with Crippen LogP contribution >= 0.6 is 0 Å². The molecule has 0 amide bonds. The average molecular weight is 612 g/mol. The van der Waals surface area contributed by atoms with E-state index in [-0.39, 0.29) is 34.4 Å². The van der Waals surface area contributed by atoms with Crippen LogP contribution in [0.1, 0.15) is 46.3 Å². The van der Waals surface area contributed by atoms with Gasteiger partial charge in [0.15, 0.2) is 11.5 Å². The Morgan fingerprint density at radius 1 is 0.976 bits per heavy atom. The standard InChI is InChI=1S/C30H30F3NO7S.3H2/c1-18-3-4-19(12-27(37)29(9-10-29)20-5-8-25-26(13-20)41-17-40-25)11-23(18)22-7-6-21(14-24(22)30(31,32)33)42(38,39)34-28(2,15-35)16-36;;;/h3-8,11,13-14,34-36H,9-10,12,15-17H2,1-2H3;3*1H. The number of carbonyl (C=O) groups is 1. The second-order valence-electron chi connectivity index (χ2n) is 11.1. The third-order valence-electron chi connectivity index (χ3n) is 7.85. The van der Waals surface area contributed by atoms with E-state index in [4.69, 9.17) is 9.47 Å². The average Bonchev–Trinajstić information content (AvgIpc) is 3.63. The fourth-order valence-corrected chi connectivity index (χ4v) is 6.55. The summed E-state index contributed by atoms with van der Waals surface area (Å²) in [6.45, 7) is 1.43. The molecule has 3 aromatic carbocycles. The Morgan fingerprint density at radius 2 is 1.67 bits per heavy atom. The second-order valence-corrected chi connectivity index (χ2v) is 12.8. The molecule has 2 aliphatic rings. The highest BCUT2D eigenvalue weighted by Gasteiger charge is 2.51. The van der Waals surface area contributed by atoms with Crippen LogP contribution in [0.2, 0.25) is 0 Å². The van der Waals surface area contributed by atoms with Crippen molar-refractivity contribution in [2.75, 3.05) is 20.0 Å². The third kappa shape index (κ3) is 5.63. The van der Waals surface area contributed by atoms with Crippen molar-refractivity contribution in [1.82, 2.24) is 4.72 Å². The van der Waals surface area contributed by atoms with E-state index >= 15 is 0 Å². The molecule has 1 heterocycles. The van der Waals surface area contributed by atoms with Gasteiger partial charge < -0.3 is 19.7 Å². The Hall–Kier alpha value is -3.45. The first-order valence-electron chi connectivity index (χ1n) is 13.2. The Kier molecular flexibility index (Phi) is 7.63. The fraction of sp³-hybridized carbons (Fsp3) is 0.367. The molecule has 0 aromatic heterocycles. The molecule has 0 unspecified atom stereocenters. The Bertz CT molecular complexity index is 1660. The lowest BCUT2D eigenvalue weighted by Gasteiger charge is -2.26. The van der Waals surface area contributed by atoms with E-state index in [9.17, 15) is 36.6 Å². The number of hydrogen-bond donors (Lipinski definition) is 3. The summed E-state index contributed by atoms with van der Waals surface area (Å²) in [5, 5.41) is 18.9. The van der Waals surface area contributed by atoms with E-state index in [1.807, 2.05) is 6.07 Å². The van der Waals surface area contributed by atoms with E-state index in [2.05, 4.69) is 4.72 Å². The van der Waals surface area contributed by atoms with Gasteiger partial charge in [-0.15, -0.1) is 0 Å². The summed E-state index contributed by atoms with van der Waals surface area (Å²) < 4.78 is 81.5.